The third kappa shape index (κ3) is 4.37. The molecule has 0 aromatic rings. The number of hydrogen-bond acceptors (Lipinski definition) is 2. The predicted octanol–water partition coefficient (Wildman–Crippen LogP) is 1.33. The van der Waals surface area contributed by atoms with E-state index in [0.29, 0.717) is 12.6 Å². The molecule has 0 fully saturated rings. The highest BCUT2D eigenvalue weighted by Crippen LogP contribution is 1.94. The maximum atomic E-state index is 4.98. The summed E-state index contributed by atoms with van der Waals surface area (Å²) in [7, 11) is 0. The van der Waals surface area contributed by atoms with Crippen molar-refractivity contribution in [2.24, 2.45) is 0 Å². The van der Waals surface area contributed by atoms with Crippen LogP contribution in [0.5, 0.6) is 0 Å². The molecule has 0 aliphatic carbocycles. The van der Waals surface area contributed by atoms with Crippen molar-refractivity contribution in [3.05, 3.63) is 0 Å². The van der Waals surface area contributed by atoms with Crippen molar-refractivity contribution in [2.75, 3.05) is 6.61 Å². The summed E-state index contributed by atoms with van der Waals surface area (Å²) in [6.07, 6.45) is 7.12. The molecule has 0 spiro atoms. The SMILES string of the molecule is C#CCONC(CC)CC. The second-order valence-electron chi connectivity index (χ2n) is 2.12. The first-order valence-electron chi connectivity index (χ1n) is 3.65. The van der Waals surface area contributed by atoms with Crippen LogP contribution >= 0.6 is 0 Å². The Labute approximate surface area is 62.9 Å². The summed E-state index contributed by atoms with van der Waals surface area (Å²) in [5, 5.41) is 0. The molecule has 0 atom stereocenters. The van der Waals surface area contributed by atoms with Crippen LogP contribution in [-0.4, -0.2) is 12.6 Å². The van der Waals surface area contributed by atoms with Crippen LogP contribution < -0.4 is 5.48 Å². The Bertz CT molecular complexity index is 102. The van der Waals surface area contributed by atoms with Crippen molar-refractivity contribution in [2.45, 2.75) is 32.7 Å². The zero-order valence-electron chi connectivity index (χ0n) is 6.68. The van der Waals surface area contributed by atoms with E-state index in [-0.39, 0.29) is 0 Å². The molecule has 0 saturated carbocycles. The van der Waals surface area contributed by atoms with Crippen LogP contribution in [0.15, 0.2) is 0 Å². The van der Waals surface area contributed by atoms with Gasteiger partial charge in [0.05, 0.1) is 0 Å². The average Bonchev–Trinajstić information content (AvgIpc) is 1.99. The normalized spacial score (nSPS) is 9.80. The second-order valence-corrected chi connectivity index (χ2v) is 2.12. The molecule has 0 aromatic carbocycles. The van der Waals surface area contributed by atoms with Crippen LogP contribution in [-0.2, 0) is 4.84 Å². The Kier molecular flexibility index (Phi) is 6.25. The molecule has 0 bridgehead atoms. The van der Waals surface area contributed by atoms with Gasteiger partial charge in [0.2, 0.25) is 0 Å². The Morgan fingerprint density at radius 1 is 1.50 bits per heavy atom. The largest absolute Gasteiger partial charge is 0.289 e. The van der Waals surface area contributed by atoms with E-state index in [0.717, 1.165) is 12.8 Å². The van der Waals surface area contributed by atoms with Gasteiger partial charge in [0, 0.05) is 6.04 Å². The fraction of sp³-hybridized carbons (Fsp3) is 0.750. The highest BCUT2D eigenvalue weighted by molar-refractivity contribution is 4.82. The zero-order chi connectivity index (χ0) is 7.82. The maximum absolute atomic E-state index is 4.98. The van der Waals surface area contributed by atoms with Gasteiger partial charge < -0.3 is 0 Å². The molecule has 0 aliphatic heterocycles. The van der Waals surface area contributed by atoms with Gasteiger partial charge in [0.25, 0.3) is 0 Å². The number of hydroxylamine groups is 1. The molecule has 0 amide bonds. The molecule has 0 aliphatic rings. The van der Waals surface area contributed by atoms with Gasteiger partial charge in [-0.05, 0) is 12.8 Å². The molecular formula is C8H15NO. The zero-order valence-corrected chi connectivity index (χ0v) is 6.68. The van der Waals surface area contributed by atoms with Gasteiger partial charge in [-0.3, -0.25) is 4.84 Å². The van der Waals surface area contributed by atoms with E-state index >= 15 is 0 Å². The van der Waals surface area contributed by atoms with E-state index in [1.165, 1.54) is 0 Å². The molecule has 58 valence electrons. The lowest BCUT2D eigenvalue weighted by Gasteiger charge is -2.12. The first-order valence-corrected chi connectivity index (χ1v) is 3.65. The molecule has 0 unspecified atom stereocenters. The quantitative estimate of drug-likeness (QED) is 0.354. The molecule has 0 rings (SSSR count). The number of terminal acetylenes is 1. The minimum Gasteiger partial charge on any atom is -0.289 e. The van der Waals surface area contributed by atoms with Gasteiger partial charge in [0.1, 0.15) is 6.61 Å². The van der Waals surface area contributed by atoms with Crippen LogP contribution in [0.2, 0.25) is 0 Å². The lowest BCUT2D eigenvalue weighted by molar-refractivity contribution is 0.0361. The van der Waals surface area contributed by atoms with Gasteiger partial charge in [0.15, 0.2) is 0 Å². The molecule has 0 aromatic heterocycles. The number of rotatable bonds is 5. The van der Waals surface area contributed by atoms with Crippen molar-refractivity contribution < 1.29 is 4.84 Å². The highest BCUT2D eigenvalue weighted by Gasteiger charge is 1.99. The standard InChI is InChI=1S/C8H15NO/c1-4-7-10-9-8(5-2)6-3/h1,8-9H,5-7H2,2-3H3. The monoisotopic (exact) mass is 141 g/mol. The highest BCUT2D eigenvalue weighted by atomic mass is 16.6. The molecule has 0 heterocycles. The van der Waals surface area contributed by atoms with E-state index in [4.69, 9.17) is 11.3 Å². The van der Waals surface area contributed by atoms with E-state index in [1.54, 1.807) is 0 Å². The third-order valence-electron chi connectivity index (χ3n) is 1.39. The van der Waals surface area contributed by atoms with Crippen LogP contribution in [0.1, 0.15) is 26.7 Å². The Morgan fingerprint density at radius 2 is 2.10 bits per heavy atom. The fourth-order valence-electron chi connectivity index (χ4n) is 0.657. The Hall–Kier alpha value is -0.520. The lowest BCUT2D eigenvalue weighted by Crippen LogP contribution is -2.27. The fourth-order valence-corrected chi connectivity index (χ4v) is 0.657. The van der Waals surface area contributed by atoms with Crippen molar-refractivity contribution in [3.8, 4) is 12.3 Å². The van der Waals surface area contributed by atoms with Gasteiger partial charge in [-0.15, -0.1) is 6.42 Å². The van der Waals surface area contributed by atoms with E-state index < -0.39 is 0 Å². The van der Waals surface area contributed by atoms with E-state index in [9.17, 15) is 0 Å². The Balaban J connectivity index is 3.19. The van der Waals surface area contributed by atoms with Gasteiger partial charge in [-0.2, -0.15) is 5.48 Å². The summed E-state index contributed by atoms with van der Waals surface area (Å²) < 4.78 is 0. The summed E-state index contributed by atoms with van der Waals surface area (Å²) in [5.74, 6) is 2.39. The van der Waals surface area contributed by atoms with E-state index in [2.05, 4.69) is 25.2 Å². The van der Waals surface area contributed by atoms with Gasteiger partial charge >= 0.3 is 0 Å². The molecule has 2 heteroatoms. The summed E-state index contributed by atoms with van der Waals surface area (Å²) >= 11 is 0. The summed E-state index contributed by atoms with van der Waals surface area (Å²) in [4.78, 5) is 4.94. The maximum Gasteiger partial charge on any atom is 0.128 e. The molecular weight excluding hydrogens is 126 g/mol. The molecule has 1 N–H and O–H groups in total. The lowest BCUT2D eigenvalue weighted by atomic mass is 10.2. The molecule has 0 saturated heterocycles. The smallest absolute Gasteiger partial charge is 0.128 e. The number of nitrogens with one attached hydrogen (secondary N) is 1. The average molecular weight is 141 g/mol. The van der Waals surface area contributed by atoms with Gasteiger partial charge in [-0.25, -0.2) is 0 Å². The van der Waals surface area contributed by atoms with Crippen LogP contribution in [0.4, 0.5) is 0 Å². The second kappa shape index (κ2) is 6.60. The molecule has 10 heavy (non-hydrogen) atoms. The third-order valence-corrected chi connectivity index (χ3v) is 1.39. The van der Waals surface area contributed by atoms with Crippen LogP contribution in [0, 0.1) is 12.3 Å². The first-order chi connectivity index (χ1) is 4.85. The first kappa shape index (κ1) is 9.48. The van der Waals surface area contributed by atoms with Crippen molar-refractivity contribution >= 4 is 0 Å². The topological polar surface area (TPSA) is 21.3 Å². The summed E-state index contributed by atoms with van der Waals surface area (Å²) in [5.41, 5.74) is 2.88. The van der Waals surface area contributed by atoms with Crippen molar-refractivity contribution in [1.82, 2.24) is 5.48 Å². The summed E-state index contributed by atoms with van der Waals surface area (Å²) in [6.45, 7) is 4.57. The summed E-state index contributed by atoms with van der Waals surface area (Å²) in [6, 6.07) is 0.438. The minimum atomic E-state index is 0.344. The molecule has 0 radical (unpaired) electrons. The van der Waals surface area contributed by atoms with Crippen LogP contribution in [0.3, 0.4) is 0 Å². The van der Waals surface area contributed by atoms with Crippen molar-refractivity contribution in [1.29, 1.82) is 0 Å². The number of hydrogen-bond donors (Lipinski definition) is 1. The van der Waals surface area contributed by atoms with Crippen molar-refractivity contribution in [3.63, 3.8) is 0 Å². The molecule has 2 nitrogen and oxygen atoms in total. The Morgan fingerprint density at radius 3 is 2.50 bits per heavy atom. The van der Waals surface area contributed by atoms with Crippen LogP contribution in [0.25, 0.3) is 0 Å². The minimum absolute atomic E-state index is 0.344. The predicted molar refractivity (Wildman–Crippen MR) is 42.3 cm³/mol. The van der Waals surface area contributed by atoms with Gasteiger partial charge in [-0.1, -0.05) is 19.8 Å². The van der Waals surface area contributed by atoms with E-state index in [1.807, 2.05) is 0 Å².